The van der Waals surface area contributed by atoms with Gasteiger partial charge in [-0.05, 0) is 19.1 Å². The minimum Gasteiger partial charge on any atom is -0.392 e. The number of carbonyl (C=O) groups excluding carboxylic acids is 1. The van der Waals surface area contributed by atoms with Gasteiger partial charge in [0.1, 0.15) is 5.56 Å². The van der Waals surface area contributed by atoms with Gasteiger partial charge in [-0.3, -0.25) is 9.59 Å². The summed E-state index contributed by atoms with van der Waals surface area (Å²) in [5.74, 6) is -0.479. The van der Waals surface area contributed by atoms with E-state index in [-0.39, 0.29) is 12.1 Å². The monoisotopic (exact) mass is 196 g/mol. The van der Waals surface area contributed by atoms with Crippen LogP contribution < -0.4 is 10.9 Å². The molecule has 3 N–H and O–H groups in total. The molecule has 0 saturated carbocycles. The summed E-state index contributed by atoms with van der Waals surface area (Å²) in [5.41, 5.74) is -0.385. The van der Waals surface area contributed by atoms with E-state index in [0.29, 0.717) is 0 Å². The van der Waals surface area contributed by atoms with Gasteiger partial charge in [-0.25, -0.2) is 0 Å². The van der Waals surface area contributed by atoms with E-state index in [2.05, 4.69) is 10.3 Å². The molecule has 0 radical (unpaired) electrons. The molecule has 5 nitrogen and oxygen atoms in total. The Morgan fingerprint density at radius 1 is 1.71 bits per heavy atom. The number of pyridine rings is 1. The second-order valence-electron chi connectivity index (χ2n) is 2.97. The summed E-state index contributed by atoms with van der Waals surface area (Å²) < 4.78 is 0. The maximum absolute atomic E-state index is 11.3. The van der Waals surface area contributed by atoms with E-state index < -0.39 is 17.6 Å². The van der Waals surface area contributed by atoms with Crippen LogP contribution in [0.4, 0.5) is 0 Å². The number of carbonyl (C=O) groups is 1. The molecule has 1 aromatic rings. The zero-order valence-electron chi connectivity index (χ0n) is 7.78. The maximum atomic E-state index is 11.3. The zero-order valence-corrected chi connectivity index (χ0v) is 7.78. The average molecular weight is 196 g/mol. The van der Waals surface area contributed by atoms with Gasteiger partial charge < -0.3 is 15.4 Å². The van der Waals surface area contributed by atoms with Crippen LogP contribution in [0.15, 0.2) is 23.1 Å². The van der Waals surface area contributed by atoms with Crippen molar-refractivity contribution in [1.82, 2.24) is 10.3 Å². The van der Waals surface area contributed by atoms with Crippen molar-refractivity contribution in [3.63, 3.8) is 0 Å². The first kappa shape index (κ1) is 10.5. The van der Waals surface area contributed by atoms with Crippen molar-refractivity contribution in [2.45, 2.75) is 13.0 Å². The first-order chi connectivity index (χ1) is 6.61. The van der Waals surface area contributed by atoms with Crippen LogP contribution in [0.5, 0.6) is 0 Å². The molecule has 1 heterocycles. The molecule has 0 unspecified atom stereocenters. The predicted molar refractivity (Wildman–Crippen MR) is 51.1 cm³/mol. The van der Waals surface area contributed by atoms with Crippen LogP contribution in [0.2, 0.25) is 0 Å². The number of hydrogen-bond acceptors (Lipinski definition) is 3. The normalized spacial score (nSPS) is 12.1. The highest BCUT2D eigenvalue weighted by Crippen LogP contribution is 1.89. The highest BCUT2D eigenvalue weighted by atomic mass is 16.3. The summed E-state index contributed by atoms with van der Waals surface area (Å²) in [6, 6.07) is 2.99. The molecule has 0 bridgehead atoms. The lowest BCUT2D eigenvalue weighted by Gasteiger charge is -2.05. The van der Waals surface area contributed by atoms with E-state index >= 15 is 0 Å². The molecule has 0 aliphatic heterocycles. The smallest absolute Gasteiger partial charge is 0.260 e. The first-order valence-electron chi connectivity index (χ1n) is 4.25. The number of hydrogen-bond donors (Lipinski definition) is 3. The molecule has 1 amide bonds. The minimum atomic E-state index is -0.623. The Morgan fingerprint density at radius 3 is 3.00 bits per heavy atom. The standard InChI is InChI=1S/C9H12N2O3/c1-6(12)5-11-9(14)7-3-2-4-10-8(7)13/h2-4,6,12H,5H2,1H3,(H,10,13)(H,11,14)/t6-/m0/s1. The van der Waals surface area contributed by atoms with Gasteiger partial charge >= 0.3 is 0 Å². The first-order valence-corrected chi connectivity index (χ1v) is 4.25. The van der Waals surface area contributed by atoms with Gasteiger partial charge in [-0.1, -0.05) is 0 Å². The molecule has 0 fully saturated rings. The van der Waals surface area contributed by atoms with E-state index in [0.717, 1.165) is 0 Å². The van der Waals surface area contributed by atoms with Crippen LogP contribution in [0.1, 0.15) is 17.3 Å². The van der Waals surface area contributed by atoms with Crippen molar-refractivity contribution in [2.75, 3.05) is 6.54 Å². The lowest BCUT2D eigenvalue weighted by Crippen LogP contribution is -2.33. The summed E-state index contributed by atoms with van der Waals surface area (Å²) in [6.45, 7) is 1.68. The molecule has 1 atom stereocenters. The van der Waals surface area contributed by atoms with Crippen molar-refractivity contribution in [3.05, 3.63) is 34.2 Å². The molecule has 0 aromatic carbocycles. The van der Waals surface area contributed by atoms with Crippen LogP contribution in [0.3, 0.4) is 0 Å². The molecule has 76 valence electrons. The molecular weight excluding hydrogens is 184 g/mol. The Labute approximate surface area is 80.8 Å². The van der Waals surface area contributed by atoms with Crippen molar-refractivity contribution in [1.29, 1.82) is 0 Å². The number of H-pyrrole nitrogens is 1. The van der Waals surface area contributed by atoms with E-state index in [1.807, 2.05) is 0 Å². The molecule has 0 saturated heterocycles. The Hall–Kier alpha value is -1.62. The number of nitrogens with one attached hydrogen (secondary N) is 2. The van der Waals surface area contributed by atoms with Crippen LogP contribution in [-0.4, -0.2) is 28.6 Å². The summed E-state index contributed by atoms with van der Waals surface area (Å²) in [7, 11) is 0. The van der Waals surface area contributed by atoms with Crippen molar-refractivity contribution in [3.8, 4) is 0 Å². The van der Waals surface area contributed by atoms with E-state index in [1.165, 1.54) is 12.3 Å². The Bertz CT molecular complexity index is 370. The summed E-state index contributed by atoms with van der Waals surface area (Å²) in [6.07, 6.45) is 0.829. The quantitative estimate of drug-likeness (QED) is 0.608. The van der Waals surface area contributed by atoms with Crippen molar-refractivity contribution < 1.29 is 9.90 Å². The van der Waals surface area contributed by atoms with E-state index in [9.17, 15) is 9.59 Å². The van der Waals surface area contributed by atoms with Gasteiger partial charge in [0.25, 0.3) is 11.5 Å². The molecule has 1 rings (SSSR count). The van der Waals surface area contributed by atoms with Crippen molar-refractivity contribution in [2.24, 2.45) is 0 Å². The molecule has 1 aromatic heterocycles. The SMILES string of the molecule is C[C@H](O)CNC(=O)c1ccc[nH]c1=O. The fourth-order valence-electron chi connectivity index (χ4n) is 0.936. The summed E-state index contributed by atoms with van der Waals surface area (Å²) >= 11 is 0. The number of aromatic amines is 1. The second-order valence-corrected chi connectivity index (χ2v) is 2.97. The topological polar surface area (TPSA) is 82.2 Å². The highest BCUT2D eigenvalue weighted by Gasteiger charge is 2.09. The number of aromatic nitrogens is 1. The van der Waals surface area contributed by atoms with E-state index in [1.54, 1.807) is 13.0 Å². The summed E-state index contributed by atoms with van der Waals surface area (Å²) in [4.78, 5) is 24.8. The predicted octanol–water partition coefficient (Wildman–Crippen LogP) is -0.514. The third-order valence-corrected chi connectivity index (χ3v) is 1.62. The van der Waals surface area contributed by atoms with Crippen LogP contribution in [0.25, 0.3) is 0 Å². The molecule has 0 aliphatic carbocycles. The maximum Gasteiger partial charge on any atom is 0.260 e. The number of aliphatic hydroxyl groups excluding tert-OH is 1. The summed E-state index contributed by atoms with van der Waals surface area (Å²) in [5, 5.41) is 11.3. The second kappa shape index (κ2) is 4.57. The van der Waals surface area contributed by atoms with Gasteiger partial charge in [0.05, 0.1) is 6.10 Å². The molecular formula is C9H12N2O3. The van der Waals surface area contributed by atoms with Crippen LogP contribution in [-0.2, 0) is 0 Å². The fourth-order valence-corrected chi connectivity index (χ4v) is 0.936. The van der Waals surface area contributed by atoms with Gasteiger partial charge in [-0.15, -0.1) is 0 Å². The Balaban J connectivity index is 2.71. The van der Waals surface area contributed by atoms with Crippen LogP contribution >= 0.6 is 0 Å². The zero-order chi connectivity index (χ0) is 10.6. The highest BCUT2D eigenvalue weighted by molar-refractivity contribution is 5.93. The van der Waals surface area contributed by atoms with Gasteiger partial charge in [0.15, 0.2) is 0 Å². The van der Waals surface area contributed by atoms with Gasteiger partial charge in [-0.2, -0.15) is 0 Å². The van der Waals surface area contributed by atoms with Crippen LogP contribution in [0, 0.1) is 0 Å². The van der Waals surface area contributed by atoms with Crippen molar-refractivity contribution >= 4 is 5.91 Å². The van der Waals surface area contributed by atoms with Gasteiger partial charge in [0.2, 0.25) is 0 Å². The molecule has 14 heavy (non-hydrogen) atoms. The number of rotatable bonds is 3. The Morgan fingerprint density at radius 2 is 2.43 bits per heavy atom. The molecule has 0 spiro atoms. The molecule has 5 heteroatoms. The van der Waals surface area contributed by atoms with E-state index in [4.69, 9.17) is 5.11 Å². The lowest BCUT2D eigenvalue weighted by molar-refractivity contribution is 0.0922. The minimum absolute atomic E-state index is 0.0492. The lowest BCUT2D eigenvalue weighted by atomic mass is 10.2. The Kier molecular flexibility index (Phi) is 3.41. The number of aliphatic hydroxyl groups is 1. The third-order valence-electron chi connectivity index (χ3n) is 1.62. The third kappa shape index (κ3) is 2.70. The van der Waals surface area contributed by atoms with Gasteiger partial charge in [0, 0.05) is 12.7 Å². The number of amides is 1. The largest absolute Gasteiger partial charge is 0.392 e. The molecule has 0 aliphatic rings. The fraction of sp³-hybridized carbons (Fsp3) is 0.333. The average Bonchev–Trinajstić information content (AvgIpc) is 2.15.